The number of nitrogens with zero attached hydrogens (tertiary/aromatic N) is 2. The zero-order valence-corrected chi connectivity index (χ0v) is 9.92. The van der Waals surface area contributed by atoms with Crippen LogP contribution in [0.5, 0.6) is 12.0 Å². The summed E-state index contributed by atoms with van der Waals surface area (Å²) in [6.07, 6.45) is 0. The molecule has 0 spiro atoms. The minimum absolute atomic E-state index is 0.431. The zero-order chi connectivity index (χ0) is 12.7. The van der Waals surface area contributed by atoms with Crippen LogP contribution in [0.4, 0.5) is 0 Å². The van der Waals surface area contributed by atoms with Crippen LogP contribution in [0.3, 0.4) is 0 Å². The maximum Gasteiger partial charge on any atom is 0.302 e. The molecule has 0 atom stereocenters. The summed E-state index contributed by atoms with van der Waals surface area (Å²) in [5, 5.41) is 0. The maximum absolute atomic E-state index is 5.62. The van der Waals surface area contributed by atoms with E-state index in [1.807, 2.05) is 48.5 Å². The van der Waals surface area contributed by atoms with Crippen molar-refractivity contribution in [3.63, 3.8) is 0 Å². The highest BCUT2D eigenvalue weighted by atomic mass is 16.5. The Balaban J connectivity index is 1.73. The van der Waals surface area contributed by atoms with Crippen LogP contribution in [0.1, 0.15) is 0 Å². The van der Waals surface area contributed by atoms with E-state index in [0.29, 0.717) is 12.0 Å². The summed E-state index contributed by atoms with van der Waals surface area (Å²) >= 11 is 0. The van der Waals surface area contributed by atoms with E-state index >= 15 is 0 Å². The smallest absolute Gasteiger partial charge is 0.302 e. The Morgan fingerprint density at radius 2 is 1.16 bits per heavy atom. The molecule has 0 aliphatic carbocycles. The van der Waals surface area contributed by atoms with E-state index < -0.39 is 0 Å². The van der Waals surface area contributed by atoms with Gasteiger partial charge >= 0.3 is 12.0 Å². The molecule has 0 saturated carbocycles. The van der Waals surface area contributed by atoms with Crippen LogP contribution < -0.4 is 4.74 Å². The molecular weight excluding hydrogens is 240 g/mol. The number of H-pyrrole nitrogens is 2. The van der Waals surface area contributed by atoms with Crippen LogP contribution in [0.2, 0.25) is 0 Å². The van der Waals surface area contributed by atoms with Crippen LogP contribution in [0, 0.1) is 0 Å². The third-order valence-electron chi connectivity index (χ3n) is 2.93. The lowest BCUT2D eigenvalue weighted by Gasteiger charge is -1.94. The third kappa shape index (κ3) is 1.72. The lowest BCUT2D eigenvalue weighted by atomic mass is 10.3. The molecule has 0 saturated heterocycles. The quantitative estimate of drug-likeness (QED) is 0.574. The van der Waals surface area contributed by atoms with E-state index in [4.69, 9.17) is 4.74 Å². The van der Waals surface area contributed by atoms with E-state index in [1.54, 1.807) is 0 Å². The first kappa shape index (κ1) is 10.1. The summed E-state index contributed by atoms with van der Waals surface area (Å²) in [4.78, 5) is 14.9. The van der Waals surface area contributed by atoms with Crippen molar-refractivity contribution in [2.75, 3.05) is 0 Å². The summed E-state index contributed by atoms with van der Waals surface area (Å²) < 4.78 is 5.62. The first-order valence-corrected chi connectivity index (χ1v) is 5.96. The lowest BCUT2D eigenvalue weighted by Crippen LogP contribution is -1.87. The van der Waals surface area contributed by atoms with Crippen molar-refractivity contribution < 1.29 is 4.74 Å². The summed E-state index contributed by atoms with van der Waals surface area (Å²) in [6, 6.07) is 16.4. The average Bonchev–Trinajstić information content (AvgIpc) is 3.00. The molecule has 2 N–H and O–H groups in total. The van der Waals surface area contributed by atoms with Crippen LogP contribution in [-0.4, -0.2) is 19.9 Å². The van der Waals surface area contributed by atoms with Crippen LogP contribution in [-0.2, 0) is 0 Å². The van der Waals surface area contributed by atoms with E-state index in [0.717, 1.165) is 22.1 Å². The summed E-state index contributed by atoms with van der Waals surface area (Å²) in [5.41, 5.74) is 3.62. The molecule has 2 heterocycles. The number of hydrogen-bond acceptors (Lipinski definition) is 3. The Labute approximate surface area is 108 Å². The van der Waals surface area contributed by atoms with Gasteiger partial charge in [0, 0.05) is 0 Å². The van der Waals surface area contributed by atoms with E-state index in [1.165, 1.54) is 0 Å². The van der Waals surface area contributed by atoms with Crippen molar-refractivity contribution >= 4 is 22.1 Å². The molecule has 0 amide bonds. The molecule has 19 heavy (non-hydrogen) atoms. The molecule has 2 aromatic carbocycles. The minimum Gasteiger partial charge on any atom is -0.391 e. The van der Waals surface area contributed by atoms with Crippen molar-refractivity contribution in [3.05, 3.63) is 48.5 Å². The Morgan fingerprint density at radius 1 is 0.684 bits per heavy atom. The van der Waals surface area contributed by atoms with Gasteiger partial charge in [-0.25, -0.2) is 0 Å². The summed E-state index contributed by atoms with van der Waals surface area (Å²) in [5.74, 6) is 0. The largest absolute Gasteiger partial charge is 0.391 e. The minimum atomic E-state index is 0.431. The number of benzene rings is 2. The standard InChI is InChI=1S/C14H10N4O/c1-2-6-10-9(5-1)15-13(16-10)19-14-17-11-7-3-4-8-12(11)18-14/h1-8H,(H,15,16)(H,17,18). The van der Waals surface area contributed by atoms with Gasteiger partial charge in [-0.2, -0.15) is 9.97 Å². The molecule has 5 nitrogen and oxygen atoms in total. The van der Waals surface area contributed by atoms with Gasteiger partial charge in [-0.15, -0.1) is 0 Å². The van der Waals surface area contributed by atoms with Gasteiger partial charge in [0.05, 0.1) is 22.1 Å². The molecular formula is C14H10N4O. The highest BCUT2D eigenvalue weighted by molar-refractivity contribution is 5.76. The normalized spacial score (nSPS) is 11.2. The Hall–Kier alpha value is -2.82. The predicted octanol–water partition coefficient (Wildman–Crippen LogP) is 3.23. The van der Waals surface area contributed by atoms with Crippen LogP contribution in [0.25, 0.3) is 22.1 Å². The van der Waals surface area contributed by atoms with Gasteiger partial charge in [0.1, 0.15) is 0 Å². The van der Waals surface area contributed by atoms with Crippen molar-refractivity contribution in [1.82, 2.24) is 19.9 Å². The van der Waals surface area contributed by atoms with Crippen molar-refractivity contribution in [2.45, 2.75) is 0 Å². The number of nitrogens with one attached hydrogen (secondary N) is 2. The first-order valence-electron chi connectivity index (χ1n) is 5.96. The van der Waals surface area contributed by atoms with Gasteiger partial charge in [-0.05, 0) is 24.3 Å². The van der Waals surface area contributed by atoms with E-state index in [9.17, 15) is 0 Å². The SMILES string of the molecule is c1ccc2[nH]c(Oc3nc4ccccc4[nH]3)nc2c1. The molecule has 4 aromatic rings. The number of hydrogen-bond donors (Lipinski definition) is 2. The van der Waals surface area contributed by atoms with Gasteiger partial charge in [0.2, 0.25) is 0 Å². The predicted molar refractivity (Wildman–Crippen MR) is 72.3 cm³/mol. The fourth-order valence-corrected chi connectivity index (χ4v) is 2.05. The molecule has 0 aliphatic heterocycles. The second-order valence-electron chi connectivity index (χ2n) is 4.22. The van der Waals surface area contributed by atoms with Gasteiger partial charge in [0.25, 0.3) is 0 Å². The third-order valence-corrected chi connectivity index (χ3v) is 2.93. The first-order chi connectivity index (χ1) is 9.38. The molecule has 5 heteroatoms. The Kier molecular flexibility index (Phi) is 2.05. The molecule has 0 aliphatic rings. The van der Waals surface area contributed by atoms with E-state index in [-0.39, 0.29) is 0 Å². The Bertz CT molecular complexity index is 724. The topological polar surface area (TPSA) is 66.6 Å². The number of fused-ring (bicyclic) bond motifs is 2. The second kappa shape index (κ2) is 3.84. The fraction of sp³-hybridized carbons (Fsp3) is 0. The number of ether oxygens (including phenoxy) is 1. The lowest BCUT2D eigenvalue weighted by molar-refractivity contribution is 0.419. The van der Waals surface area contributed by atoms with E-state index in [2.05, 4.69) is 19.9 Å². The average molecular weight is 250 g/mol. The Morgan fingerprint density at radius 3 is 1.63 bits per heavy atom. The van der Waals surface area contributed by atoms with Crippen molar-refractivity contribution in [2.24, 2.45) is 0 Å². The van der Waals surface area contributed by atoms with Crippen LogP contribution in [0.15, 0.2) is 48.5 Å². The number of aromatic amines is 2. The highest BCUT2D eigenvalue weighted by Gasteiger charge is 2.07. The van der Waals surface area contributed by atoms with Crippen LogP contribution >= 0.6 is 0 Å². The molecule has 0 unspecified atom stereocenters. The van der Waals surface area contributed by atoms with Gasteiger partial charge in [-0.3, -0.25) is 0 Å². The van der Waals surface area contributed by atoms with Crippen molar-refractivity contribution in [3.8, 4) is 12.0 Å². The maximum atomic E-state index is 5.62. The summed E-state index contributed by atoms with van der Waals surface area (Å²) in [6.45, 7) is 0. The molecule has 0 fully saturated rings. The molecule has 0 radical (unpaired) electrons. The monoisotopic (exact) mass is 250 g/mol. The molecule has 4 rings (SSSR count). The number of para-hydroxylation sites is 4. The molecule has 92 valence electrons. The van der Waals surface area contributed by atoms with Crippen molar-refractivity contribution in [1.29, 1.82) is 0 Å². The molecule has 2 aromatic heterocycles. The summed E-state index contributed by atoms with van der Waals surface area (Å²) in [7, 11) is 0. The number of aromatic nitrogens is 4. The number of imidazole rings is 2. The van der Waals surface area contributed by atoms with Gasteiger partial charge < -0.3 is 14.7 Å². The molecule has 0 bridgehead atoms. The fourth-order valence-electron chi connectivity index (χ4n) is 2.05. The van der Waals surface area contributed by atoms with Gasteiger partial charge in [-0.1, -0.05) is 24.3 Å². The zero-order valence-electron chi connectivity index (χ0n) is 9.92. The number of rotatable bonds is 2. The second-order valence-corrected chi connectivity index (χ2v) is 4.22. The highest BCUT2D eigenvalue weighted by Crippen LogP contribution is 2.21. The van der Waals surface area contributed by atoms with Gasteiger partial charge in [0.15, 0.2) is 0 Å².